The highest BCUT2D eigenvalue weighted by molar-refractivity contribution is 7.98. The third-order valence-corrected chi connectivity index (χ3v) is 2.35. The molecule has 0 aliphatic carbocycles. The third kappa shape index (κ3) is 13.1. The standard InChI is InChI=1S/C5H11NO2S.C4H9NO3/c1-9-3-2-4(6)5(7)8;5-3(1-2-6)4(7)8/h4H,2-3,6H2,1H3,(H,7,8);3,6H,1-2,5H2,(H,7,8)/t;3-/m.0/s1. The summed E-state index contributed by atoms with van der Waals surface area (Å²) in [5.74, 6) is -1.17. The van der Waals surface area contributed by atoms with Crippen LogP contribution in [0.4, 0.5) is 0 Å². The van der Waals surface area contributed by atoms with E-state index in [-0.39, 0.29) is 13.0 Å². The lowest BCUT2D eigenvalue weighted by molar-refractivity contribution is -0.139. The number of rotatable bonds is 7. The van der Waals surface area contributed by atoms with Gasteiger partial charge in [0.1, 0.15) is 12.1 Å². The van der Waals surface area contributed by atoms with Crippen molar-refractivity contribution in [2.24, 2.45) is 11.5 Å². The second-order valence-corrected chi connectivity index (χ2v) is 4.17. The van der Waals surface area contributed by atoms with Crippen LogP contribution in [0.15, 0.2) is 0 Å². The van der Waals surface area contributed by atoms with E-state index in [1.165, 1.54) is 0 Å². The number of thioether (sulfide) groups is 1. The molecular formula is C9H20N2O5S. The van der Waals surface area contributed by atoms with Crippen molar-refractivity contribution in [3.63, 3.8) is 0 Å². The zero-order valence-electron chi connectivity index (χ0n) is 9.70. The molecule has 0 aromatic rings. The van der Waals surface area contributed by atoms with E-state index in [0.29, 0.717) is 6.42 Å². The number of carbonyl (C=O) groups is 2. The van der Waals surface area contributed by atoms with Gasteiger partial charge < -0.3 is 26.8 Å². The fourth-order valence-corrected chi connectivity index (χ4v) is 1.12. The van der Waals surface area contributed by atoms with Crippen molar-refractivity contribution >= 4 is 23.7 Å². The minimum atomic E-state index is -1.07. The van der Waals surface area contributed by atoms with Gasteiger partial charge in [-0.3, -0.25) is 9.59 Å². The highest BCUT2D eigenvalue weighted by Crippen LogP contribution is 1.97. The molecule has 7 nitrogen and oxygen atoms in total. The van der Waals surface area contributed by atoms with Crippen molar-refractivity contribution in [2.45, 2.75) is 24.9 Å². The molecule has 0 aromatic heterocycles. The van der Waals surface area contributed by atoms with Crippen LogP contribution in [0.2, 0.25) is 0 Å². The molecule has 1 unspecified atom stereocenters. The Morgan fingerprint density at radius 2 is 1.53 bits per heavy atom. The molecule has 2 atom stereocenters. The summed E-state index contributed by atoms with van der Waals surface area (Å²) in [6.45, 7) is -0.173. The van der Waals surface area contributed by atoms with Gasteiger partial charge in [-0.1, -0.05) is 0 Å². The Balaban J connectivity index is 0. The number of hydrogen-bond acceptors (Lipinski definition) is 6. The topological polar surface area (TPSA) is 147 Å². The second kappa shape index (κ2) is 11.6. The highest BCUT2D eigenvalue weighted by Gasteiger charge is 2.09. The first-order valence-electron chi connectivity index (χ1n) is 4.93. The van der Waals surface area contributed by atoms with Crippen molar-refractivity contribution in [3.05, 3.63) is 0 Å². The molecule has 0 fully saturated rings. The van der Waals surface area contributed by atoms with Gasteiger partial charge in [-0.25, -0.2) is 0 Å². The summed E-state index contributed by atoms with van der Waals surface area (Å²) in [5.41, 5.74) is 10.2. The van der Waals surface area contributed by atoms with Gasteiger partial charge in [0.05, 0.1) is 0 Å². The number of carboxylic acids is 2. The number of aliphatic carboxylic acids is 2. The van der Waals surface area contributed by atoms with Crippen molar-refractivity contribution in [2.75, 3.05) is 18.6 Å². The monoisotopic (exact) mass is 268 g/mol. The van der Waals surface area contributed by atoms with E-state index in [1.807, 2.05) is 6.26 Å². The Morgan fingerprint density at radius 3 is 1.76 bits per heavy atom. The molecule has 7 N–H and O–H groups in total. The molecule has 0 aliphatic heterocycles. The van der Waals surface area contributed by atoms with Crippen molar-refractivity contribution in [3.8, 4) is 0 Å². The lowest BCUT2D eigenvalue weighted by Crippen LogP contribution is -2.30. The van der Waals surface area contributed by atoms with Crippen molar-refractivity contribution in [1.82, 2.24) is 0 Å². The van der Waals surface area contributed by atoms with E-state index in [0.717, 1.165) is 5.75 Å². The Bertz CT molecular complexity index is 227. The van der Waals surface area contributed by atoms with Crippen LogP contribution in [-0.4, -0.2) is 58.0 Å². The first-order chi connectivity index (χ1) is 7.86. The lowest BCUT2D eigenvalue weighted by Gasteiger charge is -2.02. The van der Waals surface area contributed by atoms with E-state index in [4.69, 9.17) is 26.8 Å². The van der Waals surface area contributed by atoms with Gasteiger partial charge in [-0.15, -0.1) is 0 Å². The van der Waals surface area contributed by atoms with Crippen LogP contribution in [0.1, 0.15) is 12.8 Å². The largest absolute Gasteiger partial charge is 0.480 e. The number of aliphatic hydroxyl groups is 1. The van der Waals surface area contributed by atoms with Gasteiger partial charge in [-0.2, -0.15) is 11.8 Å². The van der Waals surface area contributed by atoms with Crippen molar-refractivity contribution < 1.29 is 24.9 Å². The molecule has 0 radical (unpaired) electrons. The molecule has 0 saturated heterocycles. The molecule has 0 aliphatic rings. The average Bonchev–Trinajstić information content (AvgIpc) is 2.26. The van der Waals surface area contributed by atoms with Crippen LogP contribution in [0.25, 0.3) is 0 Å². The summed E-state index contributed by atoms with van der Waals surface area (Å²) in [5, 5.41) is 24.5. The quantitative estimate of drug-likeness (QED) is 0.392. The zero-order chi connectivity index (χ0) is 13.8. The maximum absolute atomic E-state index is 10.1. The van der Waals surface area contributed by atoms with Gasteiger partial charge in [0.25, 0.3) is 0 Å². The molecule has 8 heteroatoms. The molecule has 0 bridgehead atoms. The Labute approximate surface area is 104 Å². The Kier molecular flexibility index (Phi) is 12.7. The van der Waals surface area contributed by atoms with E-state index < -0.39 is 24.0 Å². The second-order valence-electron chi connectivity index (χ2n) is 3.18. The van der Waals surface area contributed by atoms with Crippen LogP contribution in [0, 0.1) is 0 Å². The van der Waals surface area contributed by atoms with E-state index >= 15 is 0 Å². The fraction of sp³-hybridized carbons (Fsp3) is 0.778. The molecule has 0 spiro atoms. The molecule has 0 rings (SSSR count). The normalized spacial score (nSPS) is 13.2. The van der Waals surface area contributed by atoms with Crippen LogP contribution >= 0.6 is 11.8 Å². The van der Waals surface area contributed by atoms with Crippen LogP contribution < -0.4 is 11.5 Å². The molecule has 17 heavy (non-hydrogen) atoms. The summed E-state index contributed by atoms with van der Waals surface area (Å²) >= 11 is 1.60. The van der Waals surface area contributed by atoms with E-state index in [2.05, 4.69) is 0 Å². The maximum atomic E-state index is 10.1. The third-order valence-electron chi connectivity index (χ3n) is 1.71. The van der Waals surface area contributed by atoms with E-state index in [1.54, 1.807) is 11.8 Å². The van der Waals surface area contributed by atoms with Crippen molar-refractivity contribution in [1.29, 1.82) is 0 Å². The van der Waals surface area contributed by atoms with Crippen LogP contribution in [0.5, 0.6) is 0 Å². The highest BCUT2D eigenvalue weighted by atomic mass is 32.2. The molecule has 0 heterocycles. The first-order valence-corrected chi connectivity index (χ1v) is 6.32. The Hall–Kier alpha value is -0.830. The predicted molar refractivity (Wildman–Crippen MR) is 65.9 cm³/mol. The van der Waals surface area contributed by atoms with Gasteiger partial charge in [0.15, 0.2) is 0 Å². The summed E-state index contributed by atoms with van der Waals surface area (Å²) in [4.78, 5) is 19.9. The van der Waals surface area contributed by atoms with Gasteiger partial charge >= 0.3 is 11.9 Å². The van der Waals surface area contributed by atoms with E-state index in [9.17, 15) is 9.59 Å². The molecule has 0 amide bonds. The Morgan fingerprint density at radius 1 is 1.12 bits per heavy atom. The summed E-state index contributed by atoms with van der Waals surface area (Å²) in [6.07, 6.45) is 2.60. The number of carboxylic acid groups (broad SMARTS) is 2. The SMILES string of the molecule is CSCCC(N)C(=O)O.N[C@@H](CCO)C(=O)O. The van der Waals surface area contributed by atoms with Gasteiger partial charge in [-0.05, 0) is 24.9 Å². The maximum Gasteiger partial charge on any atom is 0.320 e. The fourth-order valence-electron chi connectivity index (χ4n) is 0.631. The van der Waals surface area contributed by atoms with Crippen LogP contribution in [-0.2, 0) is 9.59 Å². The summed E-state index contributed by atoms with van der Waals surface area (Å²) < 4.78 is 0. The first kappa shape index (κ1) is 18.5. The van der Waals surface area contributed by atoms with Gasteiger partial charge in [0.2, 0.25) is 0 Å². The molecular weight excluding hydrogens is 248 g/mol. The van der Waals surface area contributed by atoms with Crippen LogP contribution in [0.3, 0.4) is 0 Å². The summed E-state index contributed by atoms with van der Waals surface area (Å²) in [6, 6.07) is -1.60. The molecule has 102 valence electrons. The zero-order valence-corrected chi connectivity index (χ0v) is 10.5. The number of aliphatic hydroxyl groups excluding tert-OH is 1. The number of nitrogens with two attached hydrogens (primary N) is 2. The predicted octanol–water partition coefficient (Wildman–Crippen LogP) is -1.07. The number of hydrogen-bond donors (Lipinski definition) is 5. The molecule has 0 saturated carbocycles. The minimum absolute atomic E-state index is 0.120. The van der Waals surface area contributed by atoms with Gasteiger partial charge in [0, 0.05) is 6.61 Å². The molecule has 0 aromatic carbocycles. The lowest BCUT2D eigenvalue weighted by atomic mass is 10.2. The average molecular weight is 268 g/mol. The minimum Gasteiger partial charge on any atom is -0.480 e. The summed E-state index contributed by atoms with van der Waals surface area (Å²) in [7, 11) is 0. The smallest absolute Gasteiger partial charge is 0.320 e.